The fraction of sp³-hybridized carbons (Fsp3) is 0.176. The summed E-state index contributed by atoms with van der Waals surface area (Å²) in [4.78, 5) is 23.4. The largest absolute Gasteiger partial charge is 0.461 e. The minimum atomic E-state index is -0.512. The normalized spacial score (nSPS) is 10.1. The standard InChI is InChI=1S/C17H15FO3/c18-15-9-5-4-8-14(15)12-21-17(20)11-10-16(19)13-6-2-1-3-7-13/h1-9H,10-12H2. The van der Waals surface area contributed by atoms with E-state index in [0.717, 1.165) is 0 Å². The van der Waals surface area contributed by atoms with Crippen molar-refractivity contribution in [1.82, 2.24) is 0 Å². The lowest BCUT2D eigenvalue weighted by molar-refractivity contribution is -0.144. The topological polar surface area (TPSA) is 43.4 Å². The molecular formula is C17H15FO3. The highest BCUT2D eigenvalue weighted by molar-refractivity contribution is 5.97. The first kappa shape index (κ1) is 14.9. The van der Waals surface area contributed by atoms with E-state index >= 15 is 0 Å². The van der Waals surface area contributed by atoms with Gasteiger partial charge in [-0.25, -0.2) is 4.39 Å². The molecule has 4 heteroatoms. The van der Waals surface area contributed by atoms with Crippen LogP contribution in [0.1, 0.15) is 28.8 Å². The number of hydrogen-bond acceptors (Lipinski definition) is 3. The molecule has 108 valence electrons. The van der Waals surface area contributed by atoms with Crippen molar-refractivity contribution in [2.24, 2.45) is 0 Å². The highest BCUT2D eigenvalue weighted by Gasteiger charge is 2.10. The Morgan fingerprint density at radius 1 is 0.905 bits per heavy atom. The van der Waals surface area contributed by atoms with Crippen molar-refractivity contribution < 1.29 is 18.7 Å². The maximum absolute atomic E-state index is 13.3. The number of esters is 1. The van der Waals surface area contributed by atoms with Crippen molar-refractivity contribution in [1.29, 1.82) is 0 Å². The maximum Gasteiger partial charge on any atom is 0.306 e. The first-order chi connectivity index (χ1) is 10.2. The molecule has 2 aromatic rings. The van der Waals surface area contributed by atoms with Gasteiger partial charge in [0.25, 0.3) is 0 Å². The van der Waals surface area contributed by atoms with Crippen molar-refractivity contribution >= 4 is 11.8 Å². The molecule has 0 aliphatic rings. The third-order valence-corrected chi connectivity index (χ3v) is 3.00. The number of ether oxygens (including phenoxy) is 1. The second-order valence-electron chi connectivity index (χ2n) is 4.54. The summed E-state index contributed by atoms with van der Waals surface area (Å²) >= 11 is 0. The molecule has 0 amide bonds. The van der Waals surface area contributed by atoms with Gasteiger partial charge < -0.3 is 4.74 Å². The summed E-state index contributed by atoms with van der Waals surface area (Å²) in [5.74, 6) is -1.04. The minimum Gasteiger partial charge on any atom is -0.461 e. The zero-order valence-corrected chi connectivity index (χ0v) is 11.4. The molecule has 0 aromatic heterocycles. The lowest BCUT2D eigenvalue weighted by Crippen LogP contribution is -2.08. The molecule has 0 bridgehead atoms. The van der Waals surface area contributed by atoms with Crippen LogP contribution in [0.3, 0.4) is 0 Å². The van der Waals surface area contributed by atoms with Gasteiger partial charge in [-0.3, -0.25) is 9.59 Å². The molecule has 0 aliphatic carbocycles. The Morgan fingerprint density at radius 3 is 2.29 bits per heavy atom. The predicted octanol–water partition coefficient (Wildman–Crippen LogP) is 3.53. The molecule has 0 saturated carbocycles. The summed E-state index contributed by atoms with van der Waals surface area (Å²) in [5, 5.41) is 0. The van der Waals surface area contributed by atoms with E-state index in [9.17, 15) is 14.0 Å². The number of ketones is 1. The highest BCUT2D eigenvalue weighted by atomic mass is 19.1. The second kappa shape index (κ2) is 7.33. The molecule has 0 aliphatic heterocycles. The molecule has 21 heavy (non-hydrogen) atoms. The number of hydrogen-bond donors (Lipinski definition) is 0. The van der Waals surface area contributed by atoms with Crippen molar-refractivity contribution in [3.8, 4) is 0 Å². The number of benzene rings is 2. The molecular weight excluding hydrogens is 271 g/mol. The fourth-order valence-corrected chi connectivity index (χ4v) is 1.83. The third kappa shape index (κ3) is 4.53. The number of rotatable bonds is 6. The van der Waals surface area contributed by atoms with Gasteiger partial charge in [-0.15, -0.1) is 0 Å². The van der Waals surface area contributed by atoms with Crippen LogP contribution in [0.4, 0.5) is 4.39 Å². The van der Waals surface area contributed by atoms with Crippen LogP contribution in [-0.4, -0.2) is 11.8 Å². The minimum absolute atomic E-state index is 0.0117. The quantitative estimate of drug-likeness (QED) is 0.602. The molecule has 0 N–H and O–H groups in total. The summed E-state index contributed by atoms with van der Waals surface area (Å²) in [6, 6.07) is 14.9. The average molecular weight is 286 g/mol. The van der Waals surface area contributed by atoms with Gasteiger partial charge in [-0.1, -0.05) is 48.5 Å². The molecule has 0 fully saturated rings. The summed E-state index contributed by atoms with van der Waals surface area (Å²) in [7, 11) is 0. The molecule has 0 spiro atoms. The summed E-state index contributed by atoms with van der Waals surface area (Å²) in [6.45, 7) is -0.120. The number of halogens is 1. The first-order valence-corrected chi connectivity index (χ1v) is 6.64. The highest BCUT2D eigenvalue weighted by Crippen LogP contribution is 2.10. The first-order valence-electron chi connectivity index (χ1n) is 6.64. The van der Waals surface area contributed by atoms with Crippen LogP contribution in [0.2, 0.25) is 0 Å². The van der Waals surface area contributed by atoms with E-state index in [0.29, 0.717) is 11.1 Å². The Kier molecular flexibility index (Phi) is 5.21. The van der Waals surface area contributed by atoms with Crippen molar-refractivity contribution in [3.05, 3.63) is 71.5 Å². The molecule has 0 unspecified atom stereocenters. The van der Waals surface area contributed by atoms with Crippen LogP contribution in [0, 0.1) is 5.82 Å². The van der Waals surface area contributed by atoms with Crippen LogP contribution in [0.15, 0.2) is 54.6 Å². The SMILES string of the molecule is O=C(CCC(=O)c1ccccc1)OCc1ccccc1F. The fourth-order valence-electron chi connectivity index (χ4n) is 1.83. The molecule has 2 rings (SSSR count). The van der Waals surface area contributed by atoms with Gasteiger partial charge in [0, 0.05) is 17.5 Å². The van der Waals surface area contributed by atoms with Gasteiger partial charge in [0.15, 0.2) is 5.78 Å². The van der Waals surface area contributed by atoms with Gasteiger partial charge in [0.1, 0.15) is 12.4 Å². The van der Waals surface area contributed by atoms with Crippen LogP contribution in [-0.2, 0) is 16.1 Å². The number of carbonyl (C=O) groups excluding carboxylic acids is 2. The smallest absolute Gasteiger partial charge is 0.306 e. The van der Waals surface area contributed by atoms with E-state index in [2.05, 4.69) is 0 Å². The lowest BCUT2D eigenvalue weighted by Gasteiger charge is -2.05. The van der Waals surface area contributed by atoms with Crippen molar-refractivity contribution in [2.45, 2.75) is 19.4 Å². The van der Waals surface area contributed by atoms with E-state index in [1.54, 1.807) is 42.5 Å². The zero-order valence-electron chi connectivity index (χ0n) is 11.4. The summed E-state index contributed by atoms with van der Waals surface area (Å²) < 4.78 is 18.3. The average Bonchev–Trinajstić information content (AvgIpc) is 2.52. The van der Waals surface area contributed by atoms with E-state index in [-0.39, 0.29) is 25.2 Å². The second-order valence-corrected chi connectivity index (χ2v) is 4.54. The van der Waals surface area contributed by atoms with Crippen LogP contribution in [0.5, 0.6) is 0 Å². The van der Waals surface area contributed by atoms with Gasteiger partial charge in [-0.2, -0.15) is 0 Å². The Morgan fingerprint density at radius 2 is 1.57 bits per heavy atom. The third-order valence-electron chi connectivity index (χ3n) is 3.00. The summed E-state index contributed by atoms with van der Waals surface area (Å²) in [6.07, 6.45) is 0.0717. The monoisotopic (exact) mass is 286 g/mol. The van der Waals surface area contributed by atoms with Crippen LogP contribution < -0.4 is 0 Å². The van der Waals surface area contributed by atoms with Gasteiger partial charge in [-0.05, 0) is 6.07 Å². The zero-order chi connectivity index (χ0) is 15.1. The van der Waals surface area contributed by atoms with E-state index in [1.807, 2.05) is 6.07 Å². The molecule has 3 nitrogen and oxygen atoms in total. The lowest BCUT2D eigenvalue weighted by atomic mass is 10.1. The van der Waals surface area contributed by atoms with Crippen molar-refractivity contribution in [3.63, 3.8) is 0 Å². The van der Waals surface area contributed by atoms with Crippen LogP contribution in [0.25, 0.3) is 0 Å². The van der Waals surface area contributed by atoms with E-state index in [4.69, 9.17) is 4.74 Å². The molecule has 0 atom stereocenters. The van der Waals surface area contributed by atoms with Gasteiger partial charge in [0.05, 0.1) is 6.42 Å². The maximum atomic E-state index is 13.3. The van der Waals surface area contributed by atoms with Crippen molar-refractivity contribution in [2.75, 3.05) is 0 Å². The molecule has 0 radical (unpaired) electrons. The Bertz CT molecular complexity index is 623. The van der Waals surface area contributed by atoms with Gasteiger partial charge in [0.2, 0.25) is 0 Å². The summed E-state index contributed by atoms with van der Waals surface area (Å²) in [5.41, 5.74) is 0.889. The Labute approximate surface area is 122 Å². The number of carbonyl (C=O) groups is 2. The molecule has 0 heterocycles. The van der Waals surface area contributed by atoms with Gasteiger partial charge >= 0.3 is 5.97 Å². The number of Topliss-reactive ketones (excluding diaryl/α,β-unsaturated/α-hetero) is 1. The predicted molar refractivity (Wildman–Crippen MR) is 76.2 cm³/mol. The Hall–Kier alpha value is -2.49. The molecule has 2 aromatic carbocycles. The molecule has 0 saturated heterocycles. The van der Waals surface area contributed by atoms with E-state index < -0.39 is 11.8 Å². The van der Waals surface area contributed by atoms with E-state index in [1.165, 1.54) is 6.07 Å². The Balaban J connectivity index is 1.78. The van der Waals surface area contributed by atoms with Crippen LogP contribution >= 0.6 is 0 Å².